The van der Waals surface area contributed by atoms with Gasteiger partial charge in [0.15, 0.2) is 0 Å². The van der Waals surface area contributed by atoms with Crippen LogP contribution in [0.3, 0.4) is 0 Å². The van der Waals surface area contributed by atoms with Crippen molar-refractivity contribution in [2.24, 2.45) is 0 Å². The minimum absolute atomic E-state index is 0.371. The monoisotopic (exact) mass is 247 g/mol. The van der Waals surface area contributed by atoms with E-state index in [9.17, 15) is 5.11 Å². The Morgan fingerprint density at radius 3 is 2.28 bits per heavy atom. The first-order chi connectivity index (χ1) is 8.72. The summed E-state index contributed by atoms with van der Waals surface area (Å²) in [5, 5.41) is 9.55. The molecule has 0 spiro atoms. The van der Waals surface area contributed by atoms with E-state index >= 15 is 0 Å². The third kappa shape index (κ3) is 3.05. The molecule has 0 heterocycles. The van der Waals surface area contributed by atoms with Gasteiger partial charge in [0.25, 0.3) is 0 Å². The number of hydrogen-bond acceptors (Lipinski definition) is 2. The first kappa shape index (κ1) is 13.4. The zero-order valence-corrected chi connectivity index (χ0v) is 11.6. The standard InChI is InChI=1S/C16H25NO/c1-3-17(15-7-5-4-6-8-15)16-11-9-14(10-12-16)13(2)18/h9-13,15,18H,3-8H2,1-2H3/t13-/m1/s1. The maximum atomic E-state index is 9.55. The van der Waals surface area contributed by atoms with Gasteiger partial charge in [0.2, 0.25) is 0 Å². The van der Waals surface area contributed by atoms with Gasteiger partial charge in [-0.2, -0.15) is 0 Å². The van der Waals surface area contributed by atoms with Crippen molar-refractivity contribution in [2.45, 2.75) is 58.1 Å². The van der Waals surface area contributed by atoms with Crippen LogP contribution < -0.4 is 4.90 Å². The van der Waals surface area contributed by atoms with Crippen LogP contribution in [-0.2, 0) is 0 Å². The highest BCUT2D eigenvalue weighted by Gasteiger charge is 2.20. The SMILES string of the molecule is CCN(c1ccc([C@@H](C)O)cc1)C1CCCCC1. The number of anilines is 1. The molecule has 1 aromatic carbocycles. The second-order valence-electron chi connectivity index (χ2n) is 5.35. The van der Waals surface area contributed by atoms with Crippen molar-refractivity contribution in [3.8, 4) is 0 Å². The van der Waals surface area contributed by atoms with Gasteiger partial charge >= 0.3 is 0 Å². The summed E-state index contributed by atoms with van der Waals surface area (Å²) in [6.07, 6.45) is 6.41. The molecular formula is C16H25NO. The predicted octanol–water partition coefficient (Wildman–Crippen LogP) is 3.90. The molecule has 0 unspecified atom stereocenters. The summed E-state index contributed by atoms with van der Waals surface area (Å²) in [4.78, 5) is 2.52. The summed E-state index contributed by atoms with van der Waals surface area (Å²) < 4.78 is 0. The van der Waals surface area contributed by atoms with E-state index in [-0.39, 0.29) is 6.10 Å². The van der Waals surface area contributed by atoms with Crippen molar-refractivity contribution in [3.63, 3.8) is 0 Å². The zero-order valence-electron chi connectivity index (χ0n) is 11.6. The molecule has 1 N–H and O–H groups in total. The lowest BCUT2D eigenvalue weighted by Crippen LogP contribution is -2.36. The average molecular weight is 247 g/mol. The minimum Gasteiger partial charge on any atom is -0.389 e. The van der Waals surface area contributed by atoms with E-state index < -0.39 is 0 Å². The molecule has 0 radical (unpaired) electrons. The van der Waals surface area contributed by atoms with Crippen molar-refractivity contribution in [3.05, 3.63) is 29.8 Å². The molecular weight excluding hydrogens is 222 g/mol. The summed E-state index contributed by atoms with van der Waals surface area (Å²) in [7, 11) is 0. The molecule has 2 heteroatoms. The quantitative estimate of drug-likeness (QED) is 0.872. The molecule has 1 aromatic rings. The summed E-state index contributed by atoms with van der Waals surface area (Å²) in [5.74, 6) is 0. The smallest absolute Gasteiger partial charge is 0.0761 e. The number of benzene rings is 1. The normalized spacial score (nSPS) is 18.6. The zero-order chi connectivity index (χ0) is 13.0. The minimum atomic E-state index is -0.371. The van der Waals surface area contributed by atoms with Gasteiger partial charge < -0.3 is 10.0 Å². The molecule has 2 rings (SSSR count). The molecule has 1 fully saturated rings. The molecule has 1 aliphatic carbocycles. The van der Waals surface area contributed by atoms with E-state index in [0.717, 1.165) is 12.1 Å². The van der Waals surface area contributed by atoms with Crippen molar-refractivity contribution < 1.29 is 5.11 Å². The summed E-state index contributed by atoms with van der Waals surface area (Å²) >= 11 is 0. The summed E-state index contributed by atoms with van der Waals surface area (Å²) in [5.41, 5.74) is 2.30. The van der Waals surface area contributed by atoms with Crippen molar-refractivity contribution in [1.29, 1.82) is 0 Å². The largest absolute Gasteiger partial charge is 0.389 e. The lowest BCUT2D eigenvalue weighted by atomic mass is 9.93. The highest BCUT2D eigenvalue weighted by atomic mass is 16.3. The molecule has 0 aromatic heterocycles. The van der Waals surface area contributed by atoms with E-state index in [4.69, 9.17) is 0 Å². The van der Waals surface area contributed by atoms with Crippen LogP contribution in [0.25, 0.3) is 0 Å². The molecule has 2 nitrogen and oxygen atoms in total. The van der Waals surface area contributed by atoms with Gasteiger partial charge in [0.05, 0.1) is 6.10 Å². The summed E-state index contributed by atoms with van der Waals surface area (Å²) in [6.45, 7) is 5.11. The Hall–Kier alpha value is -1.02. The Bertz CT molecular complexity index is 352. The second-order valence-corrected chi connectivity index (χ2v) is 5.35. The van der Waals surface area contributed by atoms with Crippen LogP contribution >= 0.6 is 0 Å². The van der Waals surface area contributed by atoms with Crippen molar-refractivity contribution >= 4 is 5.69 Å². The van der Waals surface area contributed by atoms with Crippen LogP contribution in [0.5, 0.6) is 0 Å². The number of aliphatic hydroxyl groups is 1. The fourth-order valence-corrected chi connectivity index (χ4v) is 2.99. The van der Waals surface area contributed by atoms with Gasteiger partial charge in [-0.1, -0.05) is 31.4 Å². The average Bonchev–Trinajstić information content (AvgIpc) is 2.41. The highest BCUT2D eigenvalue weighted by molar-refractivity contribution is 5.48. The lowest BCUT2D eigenvalue weighted by Gasteiger charge is -2.35. The number of nitrogens with zero attached hydrogens (tertiary/aromatic N) is 1. The number of aliphatic hydroxyl groups excluding tert-OH is 1. The molecule has 18 heavy (non-hydrogen) atoms. The van der Waals surface area contributed by atoms with Crippen LogP contribution in [0.1, 0.15) is 57.6 Å². The van der Waals surface area contributed by atoms with Crippen LogP contribution in [0.15, 0.2) is 24.3 Å². The van der Waals surface area contributed by atoms with Gasteiger partial charge in [-0.05, 0) is 44.4 Å². The highest BCUT2D eigenvalue weighted by Crippen LogP contribution is 2.28. The van der Waals surface area contributed by atoms with Crippen molar-refractivity contribution in [2.75, 3.05) is 11.4 Å². The van der Waals surface area contributed by atoms with Crippen molar-refractivity contribution in [1.82, 2.24) is 0 Å². The first-order valence-corrected chi connectivity index (χ1v) is 7.27. The Labute approximate surface area is 111 Å². The number of hydrogen-bond donors (Lipinski definition) is 1. The Kier molecular flexibility index (Phi) is 4.65. The number of rotatable bonds is 4. The Balaban J connectivity index is 2.11. The summed E-state index contributed by atoms with van der Waals surface area (Å²) in [6, 6.07) is 9.11. The van der Waals surface area contributed by atoms with E-state index in [2.05, 4.69) is 24.0 Å². The Morgan fingerprint density at radius 2 is 1.78 bits per heavy atom. The van der Waals surface area contributed by atoms with Gasteiger partial charge in [0, 0.05) is 18.3 Å². The second kappa shape index (κ2) is 6.24. The van der Waals surface area contributed by atoms with Gasteiger partial charge in [0.1, 0.15) is 0 Å². The third-order valence-corrected chi connectivity index (χ3v) is 4.06. The third-order valence-electron chi connectivity index (χ3n) is 4.06. The van der Waals surface area contributed by atoms with E-state index in [1.807, 2.05) is 19.1 Å². The molecule has 0 saturated heterocycles. The maximum Gasteiger partial charge on any atom is 0.0761 e. The molecule has 1 atom stereocenters. The molecule has 0 aliphatic heterocycles. The van der Waals surface area contributed by atoms with E-state index in [0.29, 0.717) is 6.04 Å². The topological polar surface area (TPSA) is 23.5 Å². The maximum absolute atomic E-state index is 9.55. The fraction of sp³-hybridized carbons (Fsp3) is 0.625. The van der Waals surface area contributed by atoms with E-state index in [1.165, 1.54) is 37.8 Å². The van der Waals surface area contributed by atoms with Gasteiger partial charge in [-0.15, -0.1) is 0 Å². The molecule has 100 valence electrons. The Morgan fingerprint density at radius 1 is 1.17 bits per heavy atom. The lowest BCUT2D eigenvalue weighted by molar-refractivity contribution is 0.199. The fourth-order valence-electron chi connectivity index (χ4n) is 2.99. The first-order valence-electron chi connectivity index (χ1n) is 7.27. The van der Waals surface area contributed by atoms with Gasteiger partial charge in [-0.25, -0.2) is 0 Å². The molecule has 0 bridgehead atoms. The van der Waals surface area contributed by atoms with Crippen LogP contribution in [0.4, 0.5) is 5.69 Å². The van der Waals surface area contributed by atoms with Crippen LogP contribution in [-0.4, -0.2) is 17.7 Å². The molecule has 0 amide bonds. The molecule has 1 aliphatic rings. The molecule has 1 saturated carbocycles. The van der Waals surface area contributed by atoms with Crippen LogP contribution in [0.2, 0.25) is 0 Å². The van der Waals surface area contributed by atoms with Gasteiger partial charge in [-0.3, -0.25) is 0 Å². The predicted molar refractivity (Wildman–Crippen MR) is 77.0 cm³/mol. The van der Waals surface area contributed by atoms with Crippen LogP contribution in [0, 0.1) is 0 Å². The van der Waals surface area contributed by atoms with E-state index in [1.54, 1.807) is 0 Å².